The van der Waals surface area contributed by atoms with E-state index in [1.165, 1.54) is 0 Å². The van der Waals surface area contributed by atoms with Gasteiger partial charge in [-0.25, -0.2) is 0 Å². The minimum absolute atomic E-state index is 0.0874. The smallest absolute Gasteiger partial charge is 0.253 e. The van der Waals surface area contributed by atoms with Gasteiger partial charge in [-0.1, -0.05) is 32.0 Å². The zero-order valence-electron chi connectivity index (χ0n) is 18.6. The molecule has 0 aliphatic rings. The molecule has 0 amide bonds. The van der Waals surface area contributed by atoms with Gasteiger partial charge in [0.05, 0.1) is 24.9 Å². The minimum Gasteiger partial charge on any atom is -0.467 e. The lowest BCUT2D eigenvalue weighted by Crippen LogP contribution is -2.41. The monoisotopic (exact) mass is 440 g/mol. The zero-order valence-corrected chi connectivity index (χ0v) is 19.4. The van der Waals surface area contributed by atoms with Crippen LogP contribution in [0.3, 0.4) is 0 Å². The zero-order chi connectivity index (χ0) is 22.2. The first-order valence-electron chi connectivity index (χ1n) is 10.9. The van der Waals surface area contributed by atoms with Crippen LogP contribution in [0.2, 0.25) is 0 Å². The molecule has 0 bridgehead atoms. The van der Waals surface area contributed by atoms with Crippen molar-refractivity contribution in [2.75, 3.05) is 26.2 Å². The van der Waals surface area contributed by atoms with Crippen LogP contribution in [0.25, 0.3) is 10.9 Å². The van der Waals surface area contributed by atoms with E-state index in [9.17, 15) is 4.79 Å². The second-order valence-corrected chi connectivity index (χ2v) is 8.10. The van der Waals surface area contributed by atoms with E-state index >= 15 is 0 Å². The van der Waals surface area contributed by atoms with Gasteiger partial charge in [-0.15, -0.1) is 0 Å². The molecule has 2 N–H and O–H groups in total. The predicted octanol–water partition coefficient (Wildman–Crippen LogP) is 4.04. The number of hydrogen-bond acceptors (Lipinski definition) is 4. The third-order valence-corrected chi connectivity index (χ3v) is 5.96. The van der Waals surface area contributed by atoms with E-state index in [1.54, 1.807) is 6.26 Å². The fourth-order valence-electron chi connectivity index (χ4n) is 3.69. The van der Waals surface area contributed by atoms with Crippen LogP contribution in [-0.4, -0.2) is 46.1 Å². The molecule has 0 atom stereocenters. The number of furan rings is 1. The molecule has 166 valence electrons. The van der Waals surface area contributed by atoms with Gasteiger partial charge in [0.25, 0.3) is 5.56 Å². The molecule has 1 aromatic carbocycles. The highest BCUT2D eigenvalue weighted by atomic mass is 32.1. The van der Waals surface area contributed by atoms with Gasteiger partial charge < -0.3 is 24.5 Å². The average Bonchev–Trinajstić information content (AvgIpc) is 3.27. The van der Waals surface area contributed by atoms with Crippen molar-refractivity contribution in [2.45, 2.75) is 40.3 Å². The summed E-state index contributed by atoms with van der Waals surface area (Å²) in [6.07, 6.45) is 2.66. The van der Waals surface area contributed by atoms with Gasteiger partial charge in [0.2, 0.25) is 0 Å². The molecule has 3 rings (SSSR count). The summed E-state index contributed by atoms with van der Waals surface area (Å²) in [5, 5.41) is 5.01. The van der Waals surface area contributed by atoms with E-state index in [0.29, 0.717) is 23.8 Å². The summed E-state index contributed by atoms with van der Waals surface area (Å²) in [6.45, 7) is 11.2. The third kappa shape index (κ3) is 6.18. The molecule has 0 aliphatic carbocycles. The summed E-state index contributed by atoms with van der Waals surface area (Å²) in [5.74, 6) is 0.806. The summed E-state index contributed by atoms with van der Waals surface area (Å²) in [6, 6.07) is 11.8. The standard InChI is InChI=1S/C24H32N4O2S/c1-4-27(5-2)13-8-12-25-24(31)28(17-21-11-7-14-30-21)16-20-15-19-10-6-9-18(3)22(19)26-23(20)29/h6-7,9-11,14-15H,4-5,8,12-13,16-17H2,1-3H3,(H,25,31)(H,26,29). The van der Waals surface area contributed by atoms with Crippen molar-refractivity contribution in [3.05, 3.63) is 69.9 Å². The number of H-pyrrole nitrogens is 1. The molecule has 0 radical (unpaired) electrons. The molecule has 0 unspecified atom stereocenters. The second kappa shape index (κ2) is 11.1. The first-order chi connectivity index (χ1) is 15.0. The average molecular weight is 441 g/mol. The van der Waals surface area contributed by atoms with E-state index in [1.807, 2.05) is 48.2 Å². The lowest BCUT2D eigenvalue weighted by molar-refractivity contribution is 0.298. The summed E-state index contributed by atoms with van der Waals surface area (Å²) in [7, 11) is 0. The maximum absolute atomic E-state index is 12.8. The molecule has 6 nitrogen and oxygen atoms in total. The normalized spacial score (nSPS) is 11.2. The molecule has 0 saturated heterocycles. The molecule has 2 heterocycles. The highest BCUT2D eigenvalue weighted by Gasteiger charge is 2.15. The maximum Gasteiger partial charge on any atom is 0.253 e. The third-order valence-electron chi connectivity index (χ3n) is 5.56. The Morgan fingerprint density at radius 2 is 1.97 bits per heavy atom. The van der Waals surface area contributed by atoms with E-state index in [0.717, 1.165) is 54.8 Å². The Kier molecular flexibility index (Phi) is 8.26. The first-order valence-corrected chi connectivity index (χ1v) is 11.3. The SMILES string of the molecule is CCN(CC)CCCNC(=S)N(Cc1ccco1)Cc1cc2cccc(C)c2[nH]c1=O. The molecule has 0 saturated carbocycles. The fourth-order valence-corrected chi connectivity index (χ4v) is 3.92. The Hall–Kier alpha value is -2.64. The van der Waals surface area contributed by atoms with Crippen molar-refractivity contribution in [1.29, 1.82) is 0 Å². The molecular formula is C24H32N4O2S. The van der Waals surface area contributed by atoms with Gasteiger partial charge in [0.1, 0.15) is 5.76 Å². The molecular weight excluding hydrogens is 408 g/mol. The van der Waals surface area contributed by atoms with E-state index in [-0.39, 0.29) is 5.56 Å². The number of nitrogens with one attached hydrogen (secondary N) is 2. The molecule has 2 aromatic heterocycles. The van der Waals surface area contributed by atoms with Crippen LogP contribution in [0.15, 0.2) is 51.9 Å². The van der Waals surface area contributed by atoms with Gasteiger partial charge >= 0.3 is 0 Å². The predicted molar refractivity (Wildman–Crippen MR) is 130 cm³/mol. The Morgan fingerprint density at radius 1 is 1.16 bits per heavy atom. The van der Waals surface area contributed by atoms with Crippen LogP contribution in [-0.2, 0) is 13.1 Å². The summed E-state index contributed by atoms with van der Waals surface area (Å²) < 4.78 is 5.53. The fraction of sp³-hybridized carbons (Fsp3) is 0.417. The van der Waals surface area contributed by atoms with Crippen molar-refractivity contribution in [1.82, 2.24) is 20.1 Å². The highest BCUT2D eigenvalue weighted by molar-refractivity contribution is 7.80. The number of aryl methyl sites for hydroxylation is 1. The summed E-state index contributed by atoms with van der Waals surface area (Å²) >= 11 is 5.69. The number of benzene rings is 1. The number of aromatic amines is 1. The van der Waals surface area contributed by atoms with Gasteiger partial charge in [-0.3, -0.25) is 4.79 Å². The summed E-state index contributed by atoms with van der Waals surface area (Å²) in [5.41, 5.74) is 2.53. The highest BCUT2D eigenvalue weighted by Crippen LogP contribution is 2.17. The van der Waals surface area contributed by atoms with Crippen molar-refractivity contribution in [2.24, 2.45) is 0 Å². The largest absolute Gasteiger partial charge is 0.467 e. The molecule has 7 heteroatoms. The summed E-state index contributed by atoms with van der Waals surface area (Å²) in [4.78, 5) is 20.2. The van der Waals surface area contributed by atoms with Crippen LogP contribution in [0.4, 0.5) is 0 Å². The van der Waals surface area contributed by atoms with E-state index in [2.05, 4.69) is 29.0 Å². The Morgan fingerprint density at radius 3 is 2.68 bits per heavy atom. The van der Waals surface area contributed by atoms with Crippen LogP contribution in [0, 0.1) is 6.92 Å². The Balaban J connectivity index is 1.73. The van der Waals surface area contributed by atoms with Crippen molar-refractivity contribution in [3.8, 4) is 0 Å². The van der Waals surface area contributed by atoms with Crippen LogP contribution >= 0.6 is 12.2 Å². The number of nitrogens with zero attached hydrogens (tertiary/aromatic N) is 2. The van der Waals surface area contributed by atoms with Crippen LogP contribution < -0.4 is 10.9 Å². The van der Waals surface area contributed by atoms with Gasteiger partial charge in [-0.2, -0.15) is 0 Å². The molecule has 3 aromatic rings. The number of hydrogen-bond donors (Lipinski definition) is 2. The number of rotatable bonds is 10. The molecule has 31 heavy (non-hydrogen) atoms. The Labute approximate surface area is 189 Å². The minimum atomic E-state index is -0.0874. The number of fused-ring (bicyclic) bond motifs is 1. The van der Waals surface area contributed by atoms with Gasteiger partial charge in [-0.05, 0) is 74.3 Å². The number of aromatic nitrogens is 1. The van der Waals surface area contributed by atoms with Crippen LogP contribution in [0.5, 0.6) is 0 Å². The Bertz CT molecular complexity index is 1040. The second-order valence-electron chi connectivity index (χ2n) is 7.71. The molecule has 0 fully saturated rings. The number of para-hydroxylation sites is 1. The van der Waals surface area contributed by atoms with E-state index in [4.69, 9.17) is 16.6 Å². The quantitative estimate of drug-likeness (QED) is 0.366. The lowest BCUT2D eigenvalue weighted by atomic mass is 10.1. The van der Waals surface area contributed by atoms with Crippen molar-refractivity contribution < 1.29 is 4.42 Å². The number of pyridine rings is 1. The topological polar surface area (TPSA) is 64.5 Å². The van der Waals surface area contributed by atoms with Crippen molar-refractivity contribution >= 4 is 28.2 Å². The molecule has 0 aliphatic heterocycles. The van der Waals surface area contributed by atoms with Crippen molar-refractivity contribution in [3.63, 3.8) is 0 Å². The van der Waals surface area contributed by atoms with Gasteiger partial charge in [0.15, 0.2) is 5.11 Å². The molecule has 0 spiro atoms. The van der Waals surface area contributed by atoms with Gasteiger partial charge in [0, 0.05) is 12.1 Å². The van der Waals surface area contributed by atoms with Crippen LogP contribution in [0.1, 0.15) is 37.2 Å². The van der Waals surface area contributed by atoms with E-state index < -0.39 is 0 Å². The maximum atomic E-state index is 12.8. The first kappa shape index (κ1) is 23.0. The lowest BCUT2D eigenvalue weighted by Gasteiger charge is -2.25. The number of thiocarbonyl (C=S) groups is 1.